The molecule has 0 saturated heterocycles. The number of ether oxygens (including phenoxy) is 1. The summed E-state index contributed by atoms with van der Waals surface area (Å²) < 4.78 is 5.92. The number of urea groups is 1. The van der Waals surface area contributed by atoms with Crippen LogP contribution in [0.15, 0.2) is 12.1 Å². The minimum absolute atomic E-state index is 0.0950. The Morgan fingerprint density at radius 3 is 2.89 bits per heavy atom. The number of hydrogen-bond donors (Lipinski definition) is 5. The van der Waals surface area contributed by atoms with Crippen molar-refractivity contribution in [3.05, 3.63) is 17.7 Å². The number of carbonyl (C=O) groups excluding carboxylic acids is 2. The number of aliphatic hydroxyl groups is 1. The number of rotatable bonds is 7. The lowest BCUT2D eigenvalue weighted by atomic mass is 9.92. The molecule has 2 unspecified atom stereocenters. The minimum Gasteiger partial charge on any atom is -0.493 e. The summed E-state index contributed by atoms with van der Waals surface area (Å²) in [7, 11) is 0. The third-order valence-corrected chi connectivity index (χ3v) is 5.11. The van der Waals surface area contributed by atoms with Gasteiger partial charge in [0.25, 0.3) is 0 Å². The normalized spacial score (nSPS) is 21.9. The number of benzene rings is 1. The zero-order chi connectivity index (χ0) is 19.2. The van der Waals surface area contributed by atoms with E-state index in [4.69, 9.17) is 10.5 Å². The Kier molecular flexibility index (Phi) is 6.52. The summed E-state index contributed by atoms with van der Waals surface area (Å²) in [6, 6.07) is 2.98. The van der Waals surface area contributed by atoms with E-state index in [9.17, 15) is 14.7 Å². The summed E-state index contributed by atoms with van der Waals surface area (Å²) in [6.45, 7) is 1.31. The van der Waals surface area contributed by atoms with Crippen LogP contribution in [-0.2, 0) is 11.2 Å². The van der Waals surface area contributed by atoms with Gasteiger partial charge in [0.15, 0.2) is 0 Å². The highest BCUT2D eigenvalue weighted by Crippen LogP contribution is 2.37. The minimum atomic E-state index is -0.679. The summed E-state index contributed by atoms with van der Waals surface area (Å²) in [5.74, 6) is 0.611. The molecule has 0 bridgehead atoms. The molecule has 2 aliphatic rings. The van der Waals surface area contributed by atoms with Gasteiger partial charge in [-0.2, -0.15) is 0 Å². The van der Waals surface area contributed by atoms with Gasteiger partial charge in [0.05, 0.1) is 24.1 Å². The Bertz CT molecular complexity index is 695. The molecule has 6 N–H and O–H groups in total. The number of fused-ring (bicyclic) bond motifs is 1. The number of nitrogens with one attached hydrogen (secondary N) is 3. The average molecular weight is 376 g/mol. The standard InChI is InChI=1S/C19H28N4O4/c20-19(26)22-14-7-8-16(12-6-9-17(25)23-18(12)14)27-11-3-10-21-13-4-1-2-5-15(13)24/h7-8,13,15,21,24H,1-6,9-11H2,(H,23,25)(H3,20,22,26). The maximum absolute atomic E-state index is 11.7. The first kappa shape index (κ1) is 19.4. The first-order valence-electron chi connectivity index (χ1n) is 9.61. The van der Waals surface area contributed by atoms with E-state index in [0.29, 0.717) is 36.6 Å². The van der Waals surface area contributed by atoms with Crippen molar-refractivity contribution in [1.82, 2.24) is 5.32 Å². The molecular weight excluding hydrogens is 348 g/mol. The fourth-order valence-electron chi connectivity index (χ4n) is 3.72. The first-order chi connectivity index (χ1) is 13.0. The van der Waals surface area contributed by atoms with Crippen LogP contribution in [0, 0.1) is 0 Å². The van der Waals surface area contributed by atoms with Gasteiger partial charge in [-0.25, -0.2) is 4.79 Å². The van der Waals surface area contributed by atoms with E-state index in [-0.39, 0.29) is 18.1 Å². The van der Waals surface area contributed by atoms with E-state index in [0.717, 1.165) is 44.2 Å². The van der Waals surface area contributed by atoms with E-state index >= 15 is 0 Å². The second kappa shape index (κ2) is 9.05. The van der Waals surface area contributed by atoms with Crippen molar-refractivity contribution in [3.63, 3.8) is 0 Å². The summed E-state index contributed by atoms with van der Waals surface area (Å²) in [4.78, 5) is 22.9. The Balaban J connectivity index is 1.54. The van der Waals surface area contributed by atoms with Crippen LogP contribution in [-0.4, -0.2) is 42.3 Å². The average Bonchev–Trinajstić information content (AvgIpc) is 2.64. The molecule has 1 aromatic rings. The largest absolute Gasteiger partial charge is 0.493 e. The summed E-state index contributed by atoms with van der Waals surface area (Å²) in [6.07, 6.45) is 5.65. The predicted molar refractivity (Wildman–Crippen MR) is 103 cm³/mol. The fourth-order valence-corrected chi connectivity index (χ4v) is 3.72. The van der Waals surface area contributed by atoms with Crippen molar-refractivity contribution in [3.8, 4) is 5.75 Å². The van der Waals surface area contributed by atoms with Gasteiger partial charge in [0.2, 0.25) is 5.91 Å². The molecule has 0 spiro atoms. The SMILES string of the molecule is NC(=O)Nc1ccc(OCCCNC2CCCCC2O)c2c1NC(=O)CC2. The molecule has 0 aromatic heterocycles. The molecule has 3 amide bonds. The summed E-state index contributed by atoms with van der Waals surface area (Å²) in [5, 5.41) is 18.7. The molecule has 1 aliphatic carbocycles. The molecule has 1 fully saturated rings. The van der Waals surface area contributed by atoms with E-state index in [1.54, 1.807) is 12.1 Å². The van der Waals surface area contributed by atoms with Crippen molar-refractivity contribution in [1.29, 1.82) is 0 Å². The number of anilines is 2. The van der Waals surface area contributed by atoms with Crippen LogP contribution in [0.4, 0.5) is 16.2 Å². The Hall–Kier alpha value is -2.32. The highest BCUT2D eigenvalue weighted by Gasteiger charge is 2.23. The molecule has 8 nitrogen and oxygen atoms in total. The van der Waals surface area contributed by atoms with Crippen LogP contribution in [0.2, 0.25) is 0 Å². The van der Waals surface area contributed by atoms with Crippen molar-refractivity contribution in [2.24, 2.45) is 5.73 Å². The zero-order valence-corrected chi connectivity index (χ0v) is 15.4. The lowest BCUT2D eigenvalue weighted by molar-refractivity contribution is -0.116. The third-order valence-electron chi connectivity index (χ3n) is 5.11. The number of aliphatic hydroxyl groups excluding tert-OH is 1. The maximum Gasteiger partial charge on any atom is 0.316 e. The Morgan fingerprint density at radius 2 is 2.11 bits per heavy atom. The highest BCUT2D eigenvalue weighted by atomic mass is 16.5. The maximum atomic E-state index is 11.7. The number of hydrogen-bond acceptors (Lipinski definition) is 5. The van der Waals surface area contributed by atoms with Gasteiger partial charge >= 0.3 is 6.03 Å². The van der Waals surface area contributed by atoms with Gasteiger partial charge in [-0.3, -0.25) is 4.79 Å². The molecule has 1 saturated carbocycles. The van der Waals surface area contributed by atoms with Crippen LogP contribution < -0.4 is 26.4 Å². The molecule has 0 radical (unpaired) electrons. The summed E-state index contributed by atoms with van der Waals surface area (Å²) >= 11 is 0. The van der Waals surface area contributed by atoms with Gasteiger partial charge < -0.3 is 31.5 Å². The lowest BCUT2D eigenvalue weighted by Gasteiger charge is -2.28. The van der Waals surface area contributed by atoms with E-state index in [1.807, 2.05) is 0 Å². The predicted octanol–water partition coefficient (Wildman–Crippen LogP) is 1.72. The Labute approximate surface area is 158 Å². The van der Waals surface area contributed by atoms with Gasteiger partial charge in [0, 0.05) is 18.0 Å². The van der Waals surface area contributed by atoms with Gasteiger partial charge in [0.1, 0.15) is 5.75 Å². The smallest absolute Gasteiger partial charge is 0.316 e. The molecule has 3 rings (SSSR count). The van der Waals surface area contributed by atoms with E-state index in [2.05, 4.69) is 16.0 Å². The number of primary amides is 1. The molecule has 1 aromatic carbocycles. The quantitative estimate of drug-likeness (QED) is 0.463. The second-order valence-corrected chi connectivity index (χ2v) is 7.12. The molecule has 2 atom stereocenters. The monoisotopic (exact) mass is 376 g/mol. The molecule has 148 valence electrons. The number of amides is 3. The van der Waals surface area contributed by atoms with Crippen molar-refractivity contribution < 1.29 is 19.4 Å². The van der Waals surface area contributed by atoms with E-state index < -0.39 is 6.03 Å². The molecule has 27 heavy (non-hydrogen) atoms. The first-order valence-corrected chi connectivity index (χ1v) is 9.61. The van der Waals surface area contributed by atoms with Crippen LogP contribution in [0.1, 0.15) is 44.1 Å². The summed E-state index contributed by atoms with van der Waals surface area (Å²) in [5.41, 5.74) is 7.11. The molecule has 1 aliphatic heterocycles. The lowest BCUT2D eigenvalue weighted by Crippen LogP contribution is -2.42. The van der Waals surface area contributed by atoms with Crippen LogP contribution in [0.3, 0.4) is 0 Å². The van der Waals surface area contributed by atoms with Crippen molar-refractivity contribution in [2.75, 3.05) is 23.8 Å². The van der Waals surface area contributed by atoms with Crippen LogP contribution in [0.25, 0.3) is 0 Å². The number of carbonyl (C=O) groups is 2. The number of nitrogens with two attached hydrogens (primary N) is 1. The van der Waals surface area contributed by atoms with E-state index in [1.165, 1.54) is 0 Å². The van der Waals surface area contributed by atoms with Gasteiger partial charge in [-0.15, -0.1) is 0 Å². The third kappa shape index (κ3) is 5.11. The van der Waals surface area contributed by atoms with Crippen LogP contribution >= 0.6 is 0 Å². The molecule has 1 heterocycles. The topological polar surface area (TPSA) is 126 Å². The zero-order valence-electron chi connectivity index (χ0n) is 15.4. The van der Waals surface area contributed by atoms with Crippen molar-refractivity contribution in [2.45, 2.75) is 57.1 Å². The molecule has 8 heteroatoms. The van der Waals surface area contributed by atoms with Gasteiger partial charge in [-0.05, 0) is 44.4 Å². The Morgan fingerprint density at radius 1 is 1.30 bits per heavy atom. The van der Waals surface area contributed by atoms with Crippen LogP contribution in [0.5, 0.6) is 5.75 Å². The van der Waals surface area contributed by atoms with Gasteiger partial charge in [-0.1, -0.05) is 12.8 Å². The fraction of sp³-hybridized carbons (Fsp3) is 0.579. The second-order valence-electron chi connectivity index (χ2n) is 7.12. The molecular formula is C19H28N4O4. The van der Waals surface area contributed by atoms with Crippen molar-refractivity contribution >= 4 is 23.3 Å². The highest BCUT2D eigenvalue weighted by molar-refractivity contribution is 6.02.